The van der Waals surface area contributed by atoms with Crippen LogP contribution in [0.4, 0.5) is 0 Å². The van der Waals surface area contributed by atoms with Crippen LogP contribution in [0.3, 0.4) is 0 Å². The third kappa shape index (κ3) is 3.16. The predicted octanol–water partition coefficient (Wildman–Crippen LogP) is 2.27. The summed E-state index contributed by atoms with van der Waals surface area (Å²) < 4.78 is 5.32. The van der Waals surface area contributed by atoms with Gasteiger partial charge in [-0.15, -0.1) is 0 Å². The fraction of sp³-hybridized carbons (Fsp3) is 0.417. The summed E-state index contributed by atoms with van der Waals surface area (Å²) in [7, 11) is 1.66. The van der Waals surface area contributed by atoms with Gasteiger partial charge in [0.1, 0.15) is 5.75 Å². The molecule has 3 atom stereocenters. The number of hydrogen-bond donors (Lipinski definition) is 1. The van der Waals surface area contributed by atoms with E-state index in [0.29, 0.717) is 6.54 Å². The second-order valence-electron chi connectivity index (χ2n) is 8.49. The Labute approximate surface area is 176 Å². The van der Waals surface area contributed by atoms with E-state index in [4.69, 9.17) is 4.74 Å². The molecule has 2 aromatic rings. The molecule has 156 valence electrons. The first kappa shape index (κ1) is 19.1. The second-order valence-corrected chi connectivity index (χ2v) is 8.49. The highest BCUT2D eigenvalue weighted by Gasteiger charge is 2.55. The minimum absolute atomic E-state index is 0.0353. The molecule has 30 heavy (non-hydrogen) atoms. The van der Waals surface area contributed by atoms with Crippen molar-refractivity contribution in [2.24, 2.45) is 5.92 Å². The van der Waals surface area contributed by atoms with Crippen molar-refractivity contribution in [2.75, 3.05) is 26.8 Å². The Kier molecular flexibility index (Phi) is 4.74. The number of nitrogens with zero attached hydrogens (tertiary/aromatic N) is 2. The lowest BCUT2D eigenvalue weighted by atomic mass is 9.73. The van der Waals surface area contributed by atoms with Crippen molar-refractivity contribution >= 4 is 11.8 Å². The summed E-state index contributed by atoms with van der Waals surface area (Å²) in [5.74, 6) is 1.02. The molecule has 6 heteroatoms. The van der Waals surface area contributed by atoms with Crippen molar-refractivity contribution in [1.82, 2.24) is 9.80 Å². The summed E-state index contributed by atoms with van der Waals surface area (Å²) in [6, 6.07) is 15.9. The van der Waals surface area contributed by atoms with Crippen LogP contribution >= 0.6 is 0 Å². The first-order chi connectivity index (χ1) is 14.6. The minimum atomic E-state index is -0.219. The first-order valence-corrected chi connectivity index (χ1v) is 10.6. The molecular weight excluding hydrogens is 380 g/mol. The van der Waals surface area contributed by atoms with Gasteiger partial charge in [-0.2, -0.15) is 0 Å². The van der Waals surface area contributed by atoms with Gasteiger partial charge in [-0.1, -0.05) is 36.4 Å². The molecule has 3 aliphatic rings. The minimum Gasteiger partial charge on any atom is -0.497 e. The Morgan fingerprint density at radius 3 is 2.57 bits per heavy atom. The van der Waals surface area contributed by atoms with Crippen LogP contribution in [0.1, 0.15) is 24.3 Å². The summed E-state index contributed by atoms with van der Waals surface area (Å²) in [6.07, 6.45) is 1.87. The van der Waals surface area contributed by atoms with Gasteiger partial charge in [-0.25, -0.2) is 0 Å². The van der Waals surface area contributed by atoms with E-state index in [2.05, 4.69) is 24.3 Å². The Bertz CT molecular complexity index is 969. The van der Waals surface area contributed by atoms with Gasteiger partial charge in [0, 0.05) is 18.4 Å². The van der Waals surface area contributed by atoms with Gasteiger partial charge in [0.15, 0.2) is 0 Å². The van der Waals surface area contributed by atoms with Crippen LogP contribution in [0, 0.1) is 5.92 Å². The molecule has 2 aromatic carbocycles. The van der Waals surface area contributed by atoms with Crippen LogP contribution in [-0.2, 0) is 9.59 Å². The summed E-state index contributed by atoms with van der Waals surface area (Å²) in [5, 5.41) is 9.95. The Balaban J connectivity index is 1.38. The van der Waals surface area contributed by atoms with E-state index in [9.17, 15) is 14.7 Å². The second kappa shape index (κ2) is 7.43. The average molecular weight is 406 g/mol. The van der Waals surface area contributed by atoms with Crippen LogP contribution in [0.15, 0.2) is 48.5 Å². The largest absolute Gasteiger partial charge is 0.497 e. The maximum Gasteiger partial charge on any atom is 0.242 e. The van der Waals surface area contributed by atoms with E-state index in [-0.39, 0.29) is 48.9 Å². The fourth-order valence-electron chi connectivity index (χ4n) is 4.96. The van der Waals surface area contributed by atoms with Gasteiger partial charge in [0.25, 0.3) is 0 Å². The zero-order valence-electron chi connectivity index (χ0n) is 17.0. The number of aliphatic hydroxyl groups is 1. The van der Waals surface area contributed by atoms with E-state index < -0.39 is 0 Å². The molecule has 6 nitrogen and oxygen atoms in total. The molecule has 2 heterocycles. The average Bonchev–Trinajstić information content (AvgIpc) is 3.60. The third-order valence-corrected chi connectivity index (χ3v) is 6.69. The van der Waals surface area contributed by atoms with E-state index in [0.717, 1.165) is 35.3 Å². The molecule has 1 aliphatic carbocycles. The van der Waals surface area contributed by atoms with Gasteiger partial charge in [0.05, 0.1) is 32.3 Å². The summed E-state index contributed by atoms with van der Waals surface area (Å²) in [6.45, 7) is 0.630. The van der Waals surface area contributed by atoms with Crippen molar-refractivity contribution in [3.63, 3.8) is 0 Å². The topological polar surface area (TPSA) is 70.1 Å². The van der Waals surface area contributed by atoms with Crippen LogP contribution < -0.4 is 4.74 Å². The molecule has 0 unspecified atom stereocenters. The summed E-state index contributed by atoms with van der Waals surface area (Å²) in [5.41, 5.74) is 3.25. The molecule has 0 radical (unpaired) electrons. The number of carbonyl (C=O) groups is 2. The number of carbonyl (C=O) groups excluding carboxylic acids is 2. The summed E-state index contributed by atoms with van der Waals surface area (Å²) in [4.78, 5) is 28.7. The first-order valence-electron chi connectivity index (χ1n) is 10.6. The Morgan fingerprint density at radius 1 is 1.13 bits per heavy atom. The highest BCUT2D eigenvalue weighted by atomic mass is 16.5. The lowest BCUT2D eigenvalue weighted by Gasteiger charge is -2.58. The number of benzene rings is 2. The van der Waals surface area contributed by atoms with Crippen molar-refractivity contribution in [3.8, 4) is 16.9 Å². The number of methoxy groups -OCH3 is 1. The molecule has 0 aromatic heterocycles. The van der Waals surface area contributed by atoms with Gasteiger partial charge in [-0.3, -0.25) is 9.59 Å². The maximum atomic E-state index is 12.7. The van der Waals surface area contributed by atoms with Crippen LogP contribution in [0.25, 0.3) is 11.1 Å². The molecule has 1 saturated carbocycles. The van der Waals surface area contributed by atoms with E-state index in [1.54, 1.807) is 16.9 Å². The number of rotatable bonds is 5. The van der Waals surface area contributed by atoms with Gasteiger partial charge >= 0.3 is 0 Å². The zero-order valence-corrected chi connectivity index (χ0v) is 17.0. The third-order valence-electron chi connectivity index (χ3n) is 6.69. The Hall–Kier alpha value is -2.86. The van der Waals surface area contributed by atoms with Crippen molar-refractivity contribution in [3.05, 3.63) is 54.1 Å². The van der Waals surface area contributed by atoms with Gasteiger partial charge < -0.3 is 19.6 Å². The normalized spacial score (nSPS) is 25.5. The number of hydrogen-bond acceptors (Lipinski definition) is 4. The van der Waals surface area contributed by atoms with Crippen molar-refractivity contribution < 1.29 is 19.4 Å². The number of fused-ring (bicyclic) bond motifs is 1. The fourth-order valence-corrected chi connectivity index (χ4v) is 4.96. The Morgan fingerprint density at radius 2 is 1.90 bits per heavy atom. The molecule has 5 rings (SSSR count). The predicted molar refractivity (Wildman–Crippen MR) is 112 cm³/mol. The van der Waals surface area contributed by atoms with Crippen LogP contribution in [-0.4, -0.2) is 65.6 Å². The summed E-state index contributed by atoms with van der Waals surface area (Å²) >= 11 is 0. The number of piperazine rings is 1. The molecule has 2 saturated heterocycles. The lowest BCUT2D eigenvalue weighted by Crippen LogP contribution is -2.73. The molecule has 1 N–H and O–H groups in total. The lowest BCUT2D eigenvalue weighted by molar-refractivity contribution is -0.167. The van der Waals surface area contributed by atoms with Gasteiger partial charge in [0.2, 0.25) is 11.8 Å². The quantitative estimate of drug-likeness (QED) is 0.827. The number of amides is 2. The number of ether oxygens (including phenoxy) is 1. The van der Waals surface area contributed by atoms with Crippen molar-refractivity contribution in [1.29, 1.82) is 0 Å². The van der Waals surface area contributed by atoms with Crippen molar-refractivity contribution in [2.45, 2.75) is 30.8 Å². The number of aliphatic hydroxyl groups excluding tert-OH is 1. The highest BCUT2D eigenvalue weighted by Crippen LogP contribution is 2.44. The molecule has 0 spiro atoms. The molecule has 2 aliphatic heterocycles. The van der Waals surface area contributed by atoms with E-state index in [1.807, 2.05) is 24.3 Å². The smallest absolute Gasteiger partial charge is 0.242 e. The highest BCUT2D eigenvalue weighted by molar-refractivity contribution is 5.89. The van der Waals surface area contributed by atoms with Crippen LogP contribution in [0.5, 0.6) is 5.75 Å². The standard InChI is InChI=1S/C24H26N2O4/c1-30-19-4-2-3-18(11-19)15-5-7-16(8-6-15)23-20-12-25(24(29)17-9-10-17)13-22(28)26(20)21(23)14-27/h2-8,11,17,20-21,23,27H,9-10,12-14H2,1H3/t20-,21+,23-/m1/s1. The zero-order chi connectivity index (χ0) is 20.8. The molecule has 2 amide bonds. The molecular formula is C24H26N2O4. The van der Waals surface area contributed by atoms with Gasteiger partial charge in [-0.05, 0) is 41.7 Å². The molecule has 0 bridgehead atoms. The van der Waals surface area contributed by atoms with E-state index in [1.165, 1.54) is 0 Å². The maximum absolute atomic E-state index is 12.7. The SMILES string of the molecule is COc1cccc(-c2ccc([C@@H]3[C@H]4CN(C(=O)C5CC5)CC(=O)N4[C@H]3CO)cc2)c1. The molecule has 3 fully saturated rings. The van der Waals surface area contributed by atoms with E-state index >= 15 is 0 Å². The monoisotopic (exact) mass is 406 g/mol. The van der Waals surface area contributed by atoms with Crippen LogP contribution in [0.2, 0.25) is 0 Å².